The van der Waals surface area contributed by atoms with Gasteiger partial charge in [0.15, 0.2) is 17.5 Å². The average molecular weight is 773 g/mol. The van der Waals surface area contributed by atoms with Crippen molar-refractivity contribution in [2.45, 2.75) is 0 Å². The van der Waals surface area contributed by atoms with Gasteiger partial charge in [-0.2, -0.15) is 8.75 Å². The van der Waals surface area contributed by atoms with E-state index in [1.54, 1.807) is 0 Å². The van der Waals surface area contributed by atoms with Gasteiger partial charge in [0, 0.05) is 38.4 Å². The minimum absolute atomic E-state index is 0.598. The van der Waals surface area contributed by atoms with Crippen LogP contribution in [0, 0.1) is 0 Å². The smallest absolute Gasteiger partial charge is 0.164 e. The zero-order valence-corrected chi connectivity index (χ0v) is 32.4. The second-order valence-electron chi connectivity index (χ2n) is 14.5. The van der Waals surface area contributed by atoms with Gasteiger partial charge >= 0.3 is 0 Å². The first-order chi connectivity index (χ1) is 29.2. The second kappa shape index (κ2) is 14.6. The van der Waals surface area contributed by atoms with Crippen LogP contribution in [0.1, 0.15) is 0 Å². The van der Waals surface area contributed by atoms with E-state index in [2.05, 4.69) is 174 Å². The highest BCUT2D eigenvalue weighted by Gasteiger charge is 2.17. The van der Waals surface area contributed by atoms with Gasteiger partial charge < -0.3 is 0 Å². The highest BCUT2D eigenvalue weighted by atomic mass is 32.1. The lowest BCUT2D eigenvalue weighted by atomic mass is 9.96. The molecule has 11 rings (SSSR count). The predicted octanol–water partition coefficient (Wildman–Crippen LogP) is 13.2. The standard InChI is InChI=1S/C52H32N6S/c1-4-11-33(12-5-1)35-19-23-38(24-20-35)50-54-51(39-25-21-36(22-26-39)34-13-6-2-7-14-34)56-52(55-50)42-18-10-17-40(31-42)41-27-28-43-46(32-41)53-48(37-15-8-3-9-16-37)44-29-30-45-49(47(43)44)58-59-57-45/h1-32H. The van der Waals surface area contributed by atoms with Crippen LogP contribution in [0.25, 0.3) is 112 Å². The SMILES string of the molecule is c1ccc(-c2ccc(-c3nc(-c4ccc(-c5ccccc5)cc4)nc(-c4cccc(-c5ccc6c(c5)nc(-c5ccccc5)c5ccc7nsnc7c56)c4)n3)cc2)cc1. The average Bonchev–Trinajstić information content (AvgIpc) is 3.81. The van der Waals surface area contributed by atoms with Crippen LogP contribution in [0.15, 0.2) is 194 Å². The van der Waals surface area contributed by atoms with Gasteiger partial charge in [0.2, 0.25) is 0 Å². The maximum atomic E-state index is 5.30. The first-order valence-electron chi connectivity index (χ1n) is 19.4. The number of hydrogen-bond donors (Lipinski definition) is 0. The molecule has 0 aliphatic heterocycles. The molecule has 0 saturated heterocycles. The third kappa shape index (κ3) is 6.49. The fourth-order valence-electron chi connectivity index (χ4n) is 7.82. The van der Waals surface area contributed by atoms with Crippen molar-refractivity contribution in [3.8, 4) is 78.8 Å². The third-order valence-corrected chi connectivity index (χ3v) is 11.4. The third-order valence-electron chi connectivity index (χ3n) is 10.8. The molecular formula is C52H32N6S. The Kier molecular flexibility index (Phi) is 8.56. The van der Waals surface area contributed by atoms with Crippen LogP contribution < -0.4 is 0 Å². The summed E-state index contributed by atoms with van der Waals surface area (Å²) in [5, 5.41) is 3.17. The summed E-state index contributed by atoms with van der Waals surface area (Å²) in [6, 6.07) is 67.0. The Labute approximate surface area is 344 Å². The molecule has 0 spiro atoms. The van der Waals surface area contributed by atoms with E-state index in [4.69, 9.17) is 24.3 Å². The van der Waals surface area contributed by atoms with E-state index in [1.165, 1.54) is 11.7 Å². The summed E-state index contributed by atoms with van der Waals surface area (Å²) < 4.78 is 9.29. The minimum atomic E-state index is 0.598. The molecule has 0 aliphatic rings. The normalized spacial score (nSPS) is 11.4. The van der Waals surface area contributed by atoms with Gasteiger partial charge in [-0.05, 0) is 57.6 Å². The summed E-state index contributed by atoms with van der Waals surface area (Å²) >= 11 is 1.24. The van der Waals surface area contributed by atoms with Crippen molar-refractivity contribution in [2.24, 2.45) is 0 Å². The van der Waals surface area contributed by atoms with E-state index in [0.29, 0.717) is 17.5 Å². The number of rotatable bonds is 7. The second-order valence-corrected chi connectivity index (χ2v) is 15.0. The lowest BCUT2D eigenvalue weighted by Gasteiger charge is -2.13. The molecule has 0 fully saturated rings. The van der Waals surface area contributed by atoms with Crippen molar-refractivity contribution in [3.63, 3.8) is 0 Å². The predicted molar refractivity (Wildman–Crippen MR) is 242 cm³/mol. The number of fused-ring (bicyclic) bond motifs is 5. The van der Waals surface area contributed by atoms with Gasteiger partial charge in [-0.3, -0.25) is 0 Å². The fourth-order valence-corrected chi connectivity index (χ4v) is 8.36. The van der Waals surface area contributed by atoms with E-state index >= 15 is 0 Å². The molecule has 8 aromatic carbocycles. The molecule has 3 aromatic heterocycles. The highest BCUT2D eigenvalue weighted by molar-refractivity contribution is 7.00. The summed E-state index contributed by atoms with van der Waals surface area (Å²) in [5.74, 6) is 1.82. The Hall–Kier alpha value is -7.74. The van der Waals surface area contributed by atoms with Gasteiger partial charge in [-0.15, -0.1) is 0 Å². The highest BCUT2D eigenvalue weighted by Crippen LogP contribution is 2.38. The zero-order valence-electron chi connectivity index (χ0n) is 31.6. The molecular weight excluding hydrogens is 741 g/mol. The number of pyridine rings is 1. The quantitative estimate of drug-likeness (QED) is 0.150. The molecule has 0 atom stereocenters. The first-order valence-corrected chi connectivity index (χ1v) is 20.2. The molecule has 0 saturated carbocycles. The molecule has 59 heavy (non-hydrogen) atoms. The fraction of sp³-hybridized carbons (Fsp3) is 0. The van der Waals surface area contributed by atoms with E-state index in [0.717, 1.165) is 94.0 Å². The monoisotopic (exact) mass is 772 g/mol. The van der Waals surface area contributed by atoms with Crippen molar-refractivity contribution < 1.29 is 0 Å². The molecule has 0 unspecified atom stereocenters. The number of hydrogen-bond acceptors (Lipinski definition) is 7. The van der Waals surface area contributed by atoms with E-state index < -0.39 is 0 Å². The maximum Gasteiger partial charge on any atom is 0.164 e. The Morgan fingerprint density at radius 1 is 0.288 bits per heavy atom. The Balaban J connectivity index is 1.03. The maximum absolute atomic E-state index is 5.30. The van der Waals surface area contributed by atoms with Gasteiger partial charge in [-0.1, -0.05) is 170 Å². The Morgan fingerprint density at radius 3 is 1.36 bits per heavy atom. The zero-order chi connectivity index (χ0) is 39.1. The van der Waals surface area contributed by atoms with Gasteiger partial charge in [-0.25, -0.2) is 19.9 Å². The summed E-state index contributed by atoms with van der Waals surface area (Å²) in [7, 11) is 0. The van der Waals surface area contributed by atoms with Gasteiger partial charge in [0.1, 0.15) is 11.0 Å². The van der Waals surface area contributed by atoms with Crippen LogP contribution in [-0.4, -0.2) is 28.7 Å². The van der Waals surface area contributed by atoms with Crippen LogP contribution in [0.3, 0.4) is 0 Å². The lowest BCUT2D eigenvalue weighted by molar-refractivity contribution is 1.07. The first kappa shape index (κ1) is 34.5. The number of benzene rings is 8. The Bertz CT molecular complexity index is 3190. The molecule has 0 N–H and O–H groups in total. The molecule has 0 amide bonds. The van der Waals surface area contributed by atoms with Crippen molar-refractivity contribution >= 4 is 44.4 Å². The van der Waals surface area contributed by atoms with E-state index in [1.807, 2.05) is 24.3 Å². The molecule has 7 heteroatoms. The van der Waals surface area contributed by atoms with Gasteiger partial charge in [0.05, 0.1) is 22.9 Å². The Morgan fingerprint density at radius 2 is 0.746 bits per heavy atom. The molecule has 0 radical (unpaired) electrons. The lowest BCUT2D eigenvalue weighted by Crippen LogP contribution is -2.00. The molecule has 276 valence electrons. The van der Waals surface area contributed by atoms with Crippen LogP contribution in [0.5, 0.6) is 0 Å². The number of nitrogens with zero attached hydrogens (tertiary/aromatic N) is 6. The van der Waals surface area contributed by atoms with Crippen molar-refractivity contribution in [2.75, 3.05) is 0 Å². The topological polar surface area (TPSA) is 77.3 Å². The van der Waals surface area contributed by atoms with E-state index in [-0.39, 0.29) is 0 Å². The van der Waals surface area contributed by atoms with Crippen molar-refractivity contribution in [3.05, 3.63) is 194 Å². The molecule has 6 nitrogen and oxygen atoms in total. The summed E-state index contributed by atoms with van der Waals surface area (Å²) in [6.45, 7) is 0. The van der Waals surface area contributed by atoms with Gasteiger partial charge in [0.25, 0.3) is 0 Å². The van der Waals surface area contributed by atoms with Crippen molar-refractivity contribution in [1.29, 1.82) is 0 Å². The molecule has 11 aromatic rings. The summed E-state index contributed by atoms with van der Waals surface area (Å²) in [4.78, 5) is 20.6. The van der Waals surface area contributed by atoms with Crippen LogP contribution in [0.4, 0.5) is 0 Å². The minimum Gasteiger partial charge on any atom is -0.247 e. The summed E-state index contributed by atoms with van der Waals surface area (Å²) in [5.41, 5.74) is 14.0. The van der Waals surface area contributed by atoms with E-state index in [9.17, 15) is 0 Å². The molecule has 3 heterocycles. The van der Waals surface area contributed by atoms with Crippen molar-refractivity contribution in [1.82, 2.24) is 28.7 Å². The summed E-state index contributed by atoms with van der Waals surface area (Å²) in [6.07, 6.45) is 0. The van der Waals surface area contributed by atoms with Crippen LogP contribution in [0.2, 0.25) is 0 Å². The molecule has 0 aliphatic carbocycles. The molecule has 0 bridgehead atoms. The van der Waals surface area contributed by atoms with Crippen LogP contribution >= 0.6 is 11.7 Å². The number of aromatic nitrogens is 6. The van der Waals surface area contributed by atoms with Crippen LogP contribution in [-0.2, 0) is 0 Å². The largest absolute Gasteiger partial charge is 0.247 e.